The maximum atomic E-state index is 12.8. The van der Waals surface area contributed by atoms with Crippen molar-refractivity contribution in [2.45, 2.75) is 25.8 Å². The lowest BCUT2D eigenvalue weighted by atomic mass is 9.95. The van der Waals surface area contributed by atoms with Gasteiger partial charge in [0, 0.05) is 17.1 Å². The van der Waals surface area contributed by atoms with Gasteiger partial charge in [0.2, 0.25) is 0 Å². The second-order valence-corrected chi connectivity index (χ2v) is 7.06. The number of amides is 1. The van der Waals surface area contributed by atoms with Crippen LogP contribution in [0.5, 0.6) is 5.75 Å². The third-order valence-electron chi connectivity index (χ3n) is 4.84. The Kier molecular flexibility index (Phi) is 6.05. The Morgan fingerprint density at radius 1 is 1.11 bits per heavy atom. The fourth-order valence-corrected chi connectivity index (χ4v) is 3.46. The Hall–Kier alpha value is -2.79. The van der Waals surface area contributed by atoms with E-state index < -0.39 is 17.7 Å². The number of methoxy groups -OCH3 is 1. The van der Waals surface area contributed by atoms with Gasteiger partial charge in [0.15, 0.2) is 0 Å². The molecule has 146 valence electrons. The van der Waals surface area contributed by atoms with E-state index in [1.165, 1.54) is 4.90 Å². The molecule has 5 nitrogen and oxygen atoms in total. The Balaban J connectivity index is 2.13. The molecule has 0 spiro atoms. The van der Waals surface area contributed by atoms with Gasteiger partial charge in [-0.15, -0.1) is 0 Å². The van der Waals surface area contributed by atoms with Gasteiger partial charge in [-0.25, -0.2) is 0 Å². The number of nitrogens with zero attached hydrogens (tertiary/aromatic N) is 1. The largest absolute Gasteiger partial charge is 0.507 e. The monoisotopic (exact) mass is 399 g/mol. The van der Waals surface area contributed by atoms with Crippen LogP contribution in [0, 0.1) is 0 Å². The van der Waals surface area contributed by atoms with Crippen molar-refractivity contribution in [3.63, 3.8) is 0 Å². The normalized spacial score (nSPS) is 18.5. The molecule has 3 rings (SSSR count). The number of unbranched alkanes of at least 4 members (excludes halogenated alkanes) is 1. The lowest BCUT2D eigenvalue weighted by Gasteiger charge is -2.25. The van der Waals surface area contributed by atoms with Crippen LogP contribution in [0.25, 0.3) is 5.76 Å². The average Bonchev–Trinajstić information content (AvgIpc) is 2.97. The van der Waals surface area contributed by atoms with Crippen molar-refractivity contribution < 1.29 is 19.4 Å². The molecular formula is C22H22ClNO4. The molecule has 1 N–H and O–H groups in total. The molecule has 1 amide bonds. The van der Waals surface area contributed by atoms with Gasteiger partial charge < -0.3 is 14.7 Å². The highest BCUT2D eigenvalue weighted by Gasteiger charge is 2.45. The lowest BCUT2D eigenvalue weighted by Crippen LogP contribution is -2.30. The summed E-state index contributed by atoms with van der Waals surface area (Å²) in [5.41, 5.74) is 1.27. The predicted octanol–water partition coefficient (Wildman–Crippen LogP) is 4.57. The fraction of sp³-hybridized carbons (Fsp3) is 0.273. The van der Waals surface area contributed by atoms with E-state index >= 15 is 0 Å². The number of Topliss-reactive ketones (excluding diaryl/α,β-unsaturated/α-hetero) is 1. The van der Waals surface area contributed by atoms with Crippen molar-refractivity contribution in [3.05, 3.63) is 70.3 Å². The third-order valence-corrected chi connectivity index (χ3v) is 5.09. The third kappa shape index (κ3) is 3.76. The number of carbonyl (C=O) groups excluding carboxylic acids is 2. The number of likely N-dealkylation sites (tertiary alicyclic amines) is 1. The van der Waals surface area contributed by atoms with Crippen LogP contribution in [0.4, 0.5) is 0 Å². The van der Waals surface area contributed by atoms with E-state index in [4.69, 9.17) is 16.3 Å². The van der Waals surface area contributed by atoms with Gasteiger partial charge in [0.1, 0.15) is 11.5 Å². The lowest BCUT2D eigenvalue weighted by molar-refractivity contribution is -0.139. The summed E-state index contributed by atoms with van der Waals surface area (Å²) in [5.74, 6) is -0.795. The first-order valence-electron chi connectivity index (χ1n) is 9.16. The molecule has 1 atom stereocenters. The van der Waals surface area contributed by atoms with Crippen LogP contribution >= 0.6 is 11.6 Å². The summed E-state index contributed by atoms with van der Waals surface area (Å²) in [6.45, 7) is 2.46. The van der Waals surface area contributed by atoms with Crippen LogP contribution in [0.3, 0.4) is 0 Å². The number of rotatable bonds is 6. The van der Waals surface area contributed by atoms with Crippen molar-refractivity contribution in [3.8, 4) is 5.75 Å². The van der Waals surface area contributed by atoms with Crippen molar-refractivity contribution in [2.75, 3.05) is 13.7 Å². The topological polar surface area (TPSA) is 66.8 Å². The molecule has 0 bridgehead atoms. The Bertz CT molecular complexity index is 903. The van der Waals surface area contributed by atoms with Crippen LogP contribution in [0.2, 0.25) is 5.02 Å². The maximum absolute atomic E-state index is 12.8. The molecule has 0 saturated carbocycles. The molecule has 1 aliphatic heterocycles. The molecular weight excluding hydrogens is 378 g/mol. The summed E-state index contributed by atoms with van der Waals surface area (Å²) < 4.78 is 5.20. The highest BCUT2D eigenvalue weighted by Crippen LogP contribution is 2.40. The Morgan fingerprint density at radius 2 is 1.75 bits per heavy atom. The van der Waals surface area contributed by atoms with Crippen molar-refractivity contribution in [2.24, 2.45) is 0 Å². The van der Waals surface area contributed by atoms with Gasteiger partial charge in [-0.3, -0.25) is 9.59 Å². The van der Waals surface area contributed by atoms with E-state index in [1.54, 1.807) is 43.5 Å². The number of halogens is 1. The first-order valence-corrected chi connectivity index (χ1v) is 9.54. The number of ketones is 1. The smallest absolute Gasteiger partial charge is 0.295 e. The average molecular weight is 400 g/mol. The van der Waals surface area contributed by atoms with E-state index in [9.17, 15) is 14.7 Å². The second kappa shape index (κ2) is 8.48. The zero-order valence-electron chi connectivity index (χ0n) is 15.8. The Labute approximate surface area is 169 Å². The molecule has 0 unspecified atom stereocenters. The number of carbonyl (C=O) groups is 2. The van der Waals surface area contributed by atoms with Gasteiger partial charge >= 0.3 is 0 Å². The Morgan fingerprint density at radius 3 is 2.32 bits per heavy atom. The number of ether oxygens (including phenoxy) is 1. The molecule has 28 heavy (non-hydrogen) atoms. The number of hydrogen-bond donors (Lipinski definition) is 1. The maximum Gasteiger partial charge on any atom is 0.295 e. The second-order valence-electron chi connectivity index (χ2n) is 6.63. The summed E-state index contributed by atoms with van der Waals surface area (Å²) in [6.07, 6.45) is 1.65. The summed E-state index contributed by atoms with van der Waals surface area (Å²) in [7, 11) is 1.57. The van der Waals surface area contributed by atoms with Gasteiger partial charge in [-0.2, -0.15) is 0 Å². The highest BCUT2D eigenvalue weighted by molar-refractivity contribution is 6.46. The summed E-state index contributed by atoms with van der Waals surface area (Å²) in [4.78, 5) is 27.0. The quantitative estimate of drug-likeness (QED) is 0.439. The summed E-state index contributed by atoms with van der Waals surface area (Å²) >= 11 is 5.92. The van der Waals surface area contributed by atoms with Crippen molar-refractivity contribution >= 4 is 29.1 Å². The molecule has 0 aliphatic carbocycles. The van der Waals surface area contributed by atoms with Gasteiger partial charge in [-0.1, -0.05) is 37.1 Å². The first kappa shape index (κ1) is 20.0. The van der Waals surface area contributed by atoms with Crippen molar-refractivity contribution in [1.29, 1.82) is 0 Å². The molecule has 1 heterocycles. The summed E-state index contributed by atoms with van der Waals surface area (Å²) in [6, 6.07) is 13.0. The van der Waals surface area contributed by atoms with Crippen LogP contribution in [-0.2, 0) is 9.59 Å². The van der Waals surface area contributed by atoms with Crippen molar-refractivity contribution in [1.82, 2.24) is 4.90 Å². The van der Waals surface area contributed by atoms with Gasteiger partial charge in [0.05, 0.1) is 18.7 Å². The van der Waals surface area contributed by atoms with Crippen LogP contribution in [0.15, 0.2) is 54.1 Å². The van der Waals surface area contributed by atoms with E-state index in [-0.39, 0.29) is 11.3 Å². The zero-order chi connectivity index (χ0) is 20.3. The van der Waals surface area contributed by atoms with E-state index in [1.807, 2.05) is 19.1 Å². The van der Waals surface area contributed by atoms with E-state index in [0.717, 1.165) is 18.4 Å². The molecule has 2 aromatic carbocycles. The van der Waals surface area contributed by atoms with Crippen LogP contribution < -0.4 is 4.74 Å². The van der Waals surface area contributed by atoms with E-state index in [0.29, 0.717) is 22.9 Å². The molecule has 0 radical (unpaired) electrons. The number of benzene rings is 2. The van der Waals surface area contributed by atoms with Crippen LogP contribution in [0.1, 0.15) is 36.9 Å². The minimum absolute atomic E-state index is 0.0913. The number of aliphatic hydroxyl groups is 1. The van der Waals surface area contributed by atoms with Crippen LogP contribution in [-0.4, -0.2) is 35.4 Å². The van der Waals surface area contributed by atoms with Gasteiger partial charge in [-0.05, 0) is 48.4 Å². The molecule has 2 aromatic rings. The number of aliphatic hydroxyl groups excluding tert-OH is 1. The number of hydrogen-bond acceptors (Lipinski definition) is 4. The summed E-state index contributed by atoms with van der Waals surface area (Å²) in [5, 5.41) is 11.4. The SMILES string of the molecule is CCCCN1C(=O)C(=O)/C(=C(/O)c2ccc(Cl)cc2)[C@H]1c1ccc(OC)cc1. The first-order chi connectivity index (χ1) is 13.5. The molecule has 6 heteroatoms. The van der Waals surface area contributed by atoms with Gasteiger partial charge in [0.25, 0.3) is 11.7 Å². The standard InChI is InChI=1S/C22H22ClNO4/c1-3-4-13-24-19(14-7-11-17(28-2)12-8-14)18(21(26)22(24)27)20(25)15-5-9-16(23)10-6-15/h5-12,19,25H,3-4,13H2,1-2H3/b20-18+/t19-/m1/s1. The zero-order valence-corrected chi connectivity index (χ0v) is 16.6. The van der Waals surface area contributed by atoms with E-state index in [2.05, 4.69) is 0 Å². The minimum atomic E-state index is -0.677. The molecule has 1 saturated heterocycles. The molecule has 1 aliphatic rings. The molecule has 1 fully saturated rings. The predicted molar refractivity (Wildman–Crippen MR) is 108 cm³/mol. The molecule has 0 aromatic heterocycles. The fourth-order valence-electron chi connectivity index (χ4n) is 3.34. The minimum Gasteiger partial charge on any atom is -0.507 e. The highest BCUT2D eigenvalue weighted by atomic mass is 35.5.